The number of carbonyl (C=O) groups excluding carboxylic acids is 1. The third kappa shape index (κ3) is 3.32. The van der Waals surface area contributed by atoms with E-state index in [2.05, 4.69) is 18.2 Å². The predicted molar refractivity (Wildman–Crippen MR) is 82.1 cm³/mol. The van der Waals surface area contributed by atoms with Gasteiger partial charge in [-0.1, -0.05) is 36.0 Å². The minimum Gasteiger partial charge on any atom is -0.469 e. The van der Waals surface area contributed by atoms with Crippen LogP contribution in [0.5, 0.6) is 0 Å². The minimum atomic E-state index is -0.244. The van der Waals surface area contributed by atoms with E-state index < -0.39 is 0 Å². The fourth-order valence-corrected chi connectivity index (χ4v) is 2.67. The quantitative estimate of drug-likeness (QED) is 0.476. The van der Waals surface area contributed by atoms with Crippen LogP contribution in [0.1, 0.15) is 18.4 Å². The molecule has 0 aromatic heterocycles. The normalized spacial score (nSPS) is 12.3. The van der Waals surface area contributed by atoms with Crippen LogP contribution in [0.3, 0.4) is 0 Å². The summed E-state index contributed by atoms with van der Waals surface area (Å²) in [6.45, 7) is 1.86. The smallest absolute Gasteiger partial charge is 0.312 e. The van der Waals surface area contributed by atoms with Crippen LogP contribution >= 0.6 is 11.8 Å². The van der Waals surface area contributed by atoms with Crippen molar-refractivity contribution in [3.63, 3.8) is 0 Å². The van der Waals surface area contributed by atoms with Crippen molar-refractivity contribution in [2.45, 2.75) is 17.7 Å². The maximum Gasteiger partial charge on any atom is 0.312 e. The Bertz CT molecular complexity index is 610. The van der Waals surface area contributed by atoms with Crippen LogP contribution in [0.2, 0.25) is 0 Å². The van der Waals surface area contributed by atoms with E-state index in [1.807, 2.05) is 25.1 Å². The Hall–Kier alpha value is -1.52. The van der Waals surface area contributed by atoms with Crippen molar-refractivity contribution in [1.82, 2.24) is 0 Å². The number of hydrogen-bond donors (Lipinski definition) is 0. The first-order valence-electron chi connectivity index (χ1n) is 6.39. The van der Waals surface area contributed by atoms with Crippen molar-refractivity contribution >= 4 is 28.5 Å². The molecule has 20 heavy (non-hydrogen) atoms. The second kappa shape index (κ2) is 6.77. The van der Waals surface area contributed by atoms with Gasteiger partial charge in [0.2, 0.25) is 0 Å². The first-order chi connectivity index (χ1) is 9.65. The average Bonchev–Trinajstić information content (AvgIpc) is 2.50. The topological polar surface area (TPSA) is 35.5 Å². The van der Waals surface area contributed by atoms with Gasteiger partial charge in [0.15, 0.2) is 0 Å². The maximum atomic E-state index is 11.6. The number of benzene rings is 2. The molecule has 1 atom stereocenters. The van der Waals surface area contributed by atoms with E-state index in [1.165, 1.54) is 12.0 Å². The van der Waals surface area contributed by atoms with Crippen LogP contribution in [0.4, 0.5) is 0 Å². The molecule has 4 heteroatoms. The highest BCUT2D eigenvalue weighted by atomic mass is 32.2. The third-order valence-corrected chi connectivity index (χ3v) is 4.17. The number of thioether (sulfide) groups is 1. The molecule has 0 spiro atoms. The average molecular weight is 290 g/mol. The first kappa shape index (κ1) is 14.9. The van der Waals surface area contributed by atoms with Crippen molar-refractivity contribution in [1.29, 1.82) is 0 Å². The van der Waals surface area contributed by atoms with Gasteiger partial charge in [0, 0.05) is 12.0 Å². The molecular weight excluding hydrogens is 272 g/mol. The molecule has 0 saturated carbocycles. The monoisotopic (exact) mass is 290 g/mol. The third-order valence-electron chi connectivity index (χ3n) is 3.23. The van der Waals surface area contributed by atoms with Gasteiger partial charge >= 0.3 is 5.97 Å². The molecule has 0 heterocycles. The lowest BCUT2D eigenvalue weighted by atomic mass is 9.98. The summed E-state index contributed by atoms with van der Waals surface area (Å²) in [5.41, 5.74) is 0.974. The van der Waals surface area contributed by atoms with E-state index in [9.17, 15) is 4.79 Å². The lowest BCUT2D eigenvalue weighted by Gasteiger charge is -2.11. The van der Waals surface area contributed by atoms with E-state index in [1.54, 1.807) is 18.9 Å². The zero-order valence-electron chi connectivity index (χ0n) is 11.9. The minimum absolute atomic E-state index is 0.211. The van der Waals surface area contributed by atoms with Gasteiger partial charge in [-0.15, -0.1) is 0 Å². The number of carbonyl (C=O) groups is 1. The zero-order chi connectivity index (χ0) is 14.5. The highest BCUT2D eigenvalue weighted by Gasteiger charge is 2.15. The number of ether oxygens (including phenoxy) is 2. The van der Waals surface area contributed by atoms with Crippen LogP contribution in [-0.2, 0) is 14.3 Å². The van der Waals surface area contributed by atoms with Gasteiger partial charge in [0.25, 0.3) is 0 Å². The zero-order valence-corrected chi connectivity index (χ0v) is 12.7. The highest BCUT2D eigenvalue weighted by Crippen LogP contribution is 2.27. The summed E-state index contributed by atoms with van der Waals surface area (Å²) in [5.74, 6) is 0.187. The molecule has 0 aliphatic rings. The molecule has 0 bridgehead atoms. The summed E-state index contributed by atoms with van der Waals surface area (Å²) >= 11 is 1.66. The Morgan fingerprint density at radius 1 is 1.15 bits per heavy atom. The molecule has 0 aliphatic carbocycles. The first-order valence-corrected chi connectivity index (χ1v) is 7.37. The number of esters is 1. The van der Waals surface area contributed by atoms with Crippen LogP contribution in [0, 0.1) is 0 Å². The standard InChI is InChI=1S/C16H18O3S/c1-11(16(17)19-3)12-4-5-14-9-15(20-10-18-2)7-6-13(14)8-12/h4-9,11H,10H2,1-3H3. The molecule has 0 N–H and O–H groups in total. The largest absolute Gasteiger partial charge is 0.469 e. The van der Waals surface area contributed by atoms with Crippen LogP contribution in [-0.4, -0.2) is 26.1 Å². The summed E-state index contributed by atoms with van der Waals surface area (Å²) < 4.78 is 9.84. The van der Waals surface area contributed by atoms with E-state index in [0.29, 0.717) is 5.94 Å². The lowest BCUT2D eigenvalue weighted by Crippen LogP contribution is -2.10. The SMILES string of the molecule is COCSc1ccc2cc(C(C)C(=O)OC)ccc2c1. The van der Waals surface area contributed by atoms with E-state index in [0.717, 1.165) is 16.3 Å². The molecule has 0 aliphatic heterocycles. The number of hydrogen-bond acceptors (Lipinski definition) is 4. The summed E-state index contributed by atoms with van der Waals surface area (Å²) in [5, 5.41) is 2.28. The van der Waals surface area contributed by atoms with Crippen LogP contribution < -0.4 is 0 Å². The van der Waals surface area contributed by atoms with Crippen molar-refractivity contribution in [2.75, 3.05) is 20.2 Å². The van der Waals surface area contributed by atoms with Crippen molar-refractivity contribution in [3.05, 3.63) is 42.0 Å². The lowest BCUT2D eigenvalue weighted by molar-refractivity contribution is -0.141. The second-order valence-electron chi connectivity index (χ2n) is 4.56. The molecular formula is C16H18O3S. The van der Waals surface area contributed by atoms with Gasteiger partial charge < -0.3 is 9.47 Å². The Kier molecular flexibility index (Phi) is 5.04. The van der Waals surface area contributed by atoms with Crippen LogP contribution in [0.15, 0.2) is 41.3 Å². The Morgan fingerprint density at radius 2 is 1.85 bits per heavy atom. The molecule has 2 rings (SSSR count). The summed E-state index contributed by atoms with van der Waals surface area (Å²) in [7, 11) is 3.10. The van der Waals surface area contributed by atoms with Crippen molar-refractivity contribution in [3.8, 4) is 0 Å². The van der Waals surface area contributed by atoms with Gasteiger partial charge in [-0.2, -0.15) is 0 Å². The second-order valence-corrected chi connectivity index (χ2v) is 5.56. The molecule has 0 radical (unpaired) electrons. The van der Waals surface area contributed by atoms with Gasteiger partial charge in [0.05, 0.1) is 19.0 Å². The molecule has 1 unspecified atom stereocenters. The van der Waals surface area contributed by atoms with Gasteiger partial charge in [-0.05, 0) is 35.4 Å². The molecule has 0 saturated heterocycles. The van der Waals surface area contributed by atoms with Crippen molar-refractivity contribution in [2.24, 2.45) is 0 Å². The Labute approximate surface area is 123 Å². The molecule has 0 fully saturated rings. The number of methoxy groups -OCH3 is 2. The molecule has 2 aromatic rings. The van der Waals surface area contributed by atoms with Gasteiger partial charge in [-0.25, -0.2) is 0 Å². The molecule has 2 aromatic carbocycles. The van der Waals surface area contributed by atoms with E-state index in [-0.39, 0.29) is 11.9 Å². The predicted octanol–water partition coefficient (Wildman–Crippen LogP) is 3.81. The van der Waals surface area contributed by atoms with E-state index >= 15 is 0 Å². The fraction of sp³-hybridized carbons (Fsp3) is 0.312. The van der Waals surface area contributed by atoms with Gasteiger partial charge in [-0.3, -0.25) is 4.79 Å². The summed E-state index contributed by atoms with van der Waals surface area (Å²) in [6.07, 6.45) is 0. The van der Waals surface area contributed by atoms with Crippen molar-refractivity contribution < 1.29 is 14.3 Å². The van der Waals surface area contributed by atoms with Crippen LogP contribution in [0.25, 0.3) is 10.8 Å². The Morgan fingerprint density at radius 3 is 2.55 bits per heavy atom. The molecule has 106 valence electrons. The number of fused-ring (bicyclic) bond motifs is 1. The Balaban J connectivity index is 2.29. The fourth-order valence-electron chi connectivity index (χ4n) is 2.04. The molecule has 0 amide bonds. The summed E-state index contributed by atoms with van der Waals surface area (Å²) in [6, 6.07) is 12.3. The maximum absolute atomic E-state index is 11.6. The van der Waals surface area contributed by atoms with E-state index in [4.69, 9.17) is 9.47 Å². The van der Waals surface area contributed by atoms with Gasteiger partial charge in [0.1, 0.15) is 0 Å². The highest BCUT2D eigenvalue weighted by molar-refractivity contribution is 7.99. The molecule has 3 nitrogen and oxygen atoms in total. The summed E-state index contributed by atoms with van der Waals surface area (Å²) in [4.78, 5) is 12.8. The number of rotatable bonds is 5.